The van der Waals surface area contributed by atoms with Crippen LogP contribution in [0.3, 0.4) is 0 Å². The van der Waals surface area contributed by atoms with E-state index < -0.39 is 0 Å². The van der Waals surface area contributed by atoms with Crippen LogP contribution < -0.4 is 5.56 Å². The molecule has 0 spiro atoms. The van der Waals surface area contributed by atoms with Gasteiger partial charge in [-0.3, -0.25) is 4.79 Å². The van der Waals surface area contributed by atoms with Gasteiger partial charge >= 0.3 is 0 Å². The predicted molar refractivity (Wildman–Crippen MR) is 77.1 cm³/mol. The van der Waals surface area contributed by atoms with Crippen LogP contribution in [0, 0.1) is 5.82 Å². The minimum atomic E-state index is -0.328. The van der Waals surface area contributed by atoms with Crippen molar-refractivity contribution in [3.05, 3.63) is 64.7 Å². The summed E-state index contributed by atoms with van der Waals surface area (Å²) in [5.74, 6) is -0.328. The Morgan fingerprint density at radius 1 is 1.10 bits per heavy atom. The van der Waals surface area contributed by atoms with E-state index in [2.05, 4.69) is 4.98 Å². The van der Waals surface area contributed by atoms with E-state index in [1.807, 2.05) is 31.2 Å². The molecule has 0 aliphatic heterocycles. The lowest BCUT2D eigenvalue weighted by Crippen LogP contribution is -2.22. The maximum absolute atomic E-state index is 13.0. The number of hydrogen-bond acceptors (Lipinski definition) is 2. The van der Waals surface area contributed by atoms with Crippen LogP contribution in [0.4, 0.5) is 4.39 Å². The Labute approximate surface area is 115 Å². The van der Waals surface area contributed by atoms with Crippen molar-refractivity contribution in [3.8, 4) is 11.3 Å². The molecular formula is C16H13FN2O. The molecule has 0 bridgehead atoms. The maximum atomic E-state index is 13.0. The second-order valence-electron chi connectivity index (χ2n) is 4.51. The summed E-state index contributed by atoms with van der Waals surface area (Å²) in [6.07, 6.45) is 0. The third-order valence-electron chi connectivity index (χ3n) is 3.29. The van der Waals surface area contributed by atoms with Gasteiger partial charge in [-0.1, -0.05) is 12.1 Å². The first-order valence-corrected chi connectivity index (χ1v) is 6.46. The number of halogens is 1. The molecule has 0 radical (unpaired) electrons. The van der Waals surface area contributed by atoms with Gasteiger partial charge in [0, 0.05) is 12.1 Å². The molecule has 3 nitrogen and oxygen atoms in total. The van der Waals surface area contributed by atoms with Crippen molar-refractivity contribution in [1.82, 2.24) is 9.55 Å². The molecule has 0 unspecified atom stereocenters. The van der Waals surface area contributed by atoms with Crippen molar-refractivity contribution in [2.24, 2.45) is 0 Å². The van der Waals surface area contributed by atoms with Crippen molar-refractivity contribution in [2.75, 3.05) is 0 Å². The predicted octanol–water partition coefficient (Wildman–Crippen LogP) is 3.22. The molecule has 100 valence electrons. The first-order valence-electron chi connectivity index (χ1n) is 6.46. The van der Waals surface area contributed by atoms with Crippen LogP contribution in [-0.2, 0) is 6.54 Å². The van der Waals surface area contributed by atoms with Crippen LogP contribution in [0.5, 0.6) is 0 Å². The smallest absolute Gasteiger partial charge is 0.277 e. The number of aryl methyl sites for hydroxylation is 1. The van der Waals surface area contributed by atoms with Gasteiger partial charge in [-0.15, -0.1) is 0 Å². The maximum Gasteiger partial charge on any atom is 0.277 e. The first-order chi connectivity index (χ1) is 9.70. The van der Waals surface area contributed by atoms with E-state index in [1.165, 1.54) is 12.1 Å². The molecule has 4 heteroatoms. The number of hydrogen-bond donors (Lipinski definition) is 0. The Morgan fingerprint density at radius 3 is 2.50 bits per heavy atom. The van der Waals surface area contributed by atoms with Crippen molar-refractivity contribution in [3.63, 3.8) is 0 Å². The summed E-state index contributed by atoms with van der Waals surface area (Å²) in [4.78, 5) is 16.9. The Balaban J connectivity index is 2.34. The minimum absolute atomic E-state index is 0.155. The molecule has 0 saturated carbocycles. The van der Waals surface area contributed by atoms with Gasteiger partial charge in [0.1, 0.15) is 11.5 Å². The molecule has 3 aromatic rings. The van der Waals surface area contributed by atoms with Crippen molar-refractivity contribution in [2.45, 2.75) is 13.5 Å². The SMILES string of the molecule is CCn1c(=O)c(-c2ccc(F)cc2)nc2ccccc21. The van der Waals surface area contributed by atoms with Gasteiger partial charge < -0.3 is 4.57 Å². The van der Waals surface area contributed by atoms with Crippen LogP contribution in [0.15, 0.2) is 53.3 Å². The number of para-hydroxylation sites is 2. The zero-order chi connectivity index (χ0) is 14.1. The molecule has 1 aromatic heterocycles. The van der Waals surface area contributed by atoms with Crippen LogP contribution in [0.1, 0.15) is 6.92 Å². The molecule has 2 aromatic carbocycles. The Bertz CT molecular complexity index is 822. The Kier molecular flexibility index (Phi) is 3.06. The topological polar surface area (TPSA) is 34.9 Å². The average Bonchev–Trinajstić information content (AvgIpc) is 2.48. The van der Waals surface area contributed by atoms with E-state index in [0.717, 1.165) is 11.0 Å². The molecule has 0 N–H and O–H groups in total. The lowest BCUT2D eigenvalue weighted by Gasteiger charge is -2.10. The van der Waals surface area contributed by atoms with Crippen molar-refractivity contribution >= 4 is 11.0 Å². The van der Waals surface area contributed by atoms with Gasteiger partial charge in [-0.2, -0.15) is 0 Å². The van der Waals surface area contributed by atoms with E-state index in [-0.39, 0.29) is 11.4 Å². The van der Waals surface area contributed by atoms with Gasteiger partial charge in [0.2, 0.25) is 0 Å². The van der Waals surface area contributed by atoms with E-state index in [1.54, 1.807) is 16.7 Å². The fraction of sp³-hybridized carbons (Fsp3) is 0.125. The molecule has 1 heterocycles. The van der Waals surface area contributed by atoms with Crippen molar-refractivity contribution in [1.29, 1.82) is 0 Å². The van der Waals surface area contributed by atoms with Crippen LogP contribution in [-0.4, -0.2) is 9.55 Å². The normalized spacial score (nSPS) is 10.9. The number of fused-ring (bicyclic) bond motifs is 1. The molecule has 0 saturated heterocycles. The van der Waals surface area contributed by atoms with E-state index in [4.69, 9.17) is 0 Å². The highest BCUT2D eigenvalue weighted by molar-refractivity contribution is 5.77. The summed E-state index contributed by atoms with van der Waals surface area (Å²) in [5.41, 5.74) is 2.40. The lowest BCUT2D eigenvalue weighted by atomic mass is 10.1. The molecular weight excluding hydrogens is 255 g/mol. The van der Waals surface area contributed by atoms with Crippen LogP contribution >= 0.6 is 0 Å². The summed E-state index contributed by atoms with van der Waals surface area (Å²) >= 11 is 0. The minimum Gasteiger partial charge on any atom is -0.305 e. The Morgan fingerprint density at radius 2 is 1.80 bits per heavy atom. The zero-order valence-corrected chi connectivity index (χ0v) is 11.0. The van der Waals surface area contributed by atoms with Crippen molar-refractivity contribution < 1.29 is 4.39 Å². The summed E-state index contributed by atoms with van der Waals surface area (Å²) < 4.78 is 14.7. The van der Waals surface area contributed by atoms with E-state index in [0.29, 0.717) is 17.8 Å². The van der Waals surface area contributed by atoms with Gasteiger partial charge in [-0.05, 0) is 43.3 Å². The molecule has 20 heavy (non-hydrogen) atoms. The number of benzene rings is 2. The third-order valence-corrected chi connectivity index (χ3v) is 3.29. The van der Waals surface area contributed by atoms with Gasteiger partial charge in [0.05, 0.1) is 11.0 Å². The molecule has 3 rings (SSSR count). The Hall–Kier alpha value is -2.49. The van der Waals surface area contributed by atoms with Crippen LogP contribution in [0.25, 0.3) is 22.3 Å². The monoisotopic (exact) mass is 268 g/mol. The van der Waals surface area contributed by atoms with Gasteiger partial charge in [0.25, 0.3) is 5.56 Å². The molecule has 0 fully saturated rings. The second kappa shape index (κ2) is 4.89. The fourth-order valence-electron chi connectivity index (χ4n) is 2.30. The lowest BCUT2D eigenvalue weighted by molar-refractivity contribution is 0.628. The van der Waals surface area contributed by atoms with E-state index >= 15 is 0 Å². The van der Waals surface area contributed by atoms with Gasteiger partial charge in [0.15, 0.2) is 0 Å². The molecule has 0 amide bonds. The second-order valence-corrected chi connectivity index (χ2v) is 4.51. The molecule has 0 atom stereocenters. The average molecular weight is 268 g/mol. The number of nitrogens with zero attached hydrogens (tertiary/aromatic N) is 2. The summed E-state index contributed by atoms with van der Waals surface area (Å²) in [6, 6.07) is 13.3. The third kappa shape index (κ3) is 1.99. The summed E-state index contributed by atoms with van der Waals surface area (Å²) in [5, 5.41) is 0. The van der Waals surface area contributed by atoms with E-state index in [9.17, 15) is 9.18 Å². The zero-order valence-electron chi connectivity index (χ0n) is 11.0. The first kappa shape index (κ1) is 12.5. The van der Waals surface area contributed by atoms with Crippen LogP contribution in [0.2, 0.25) is 0 Å². The number of aromatic nitrogens is 2. The highest BCUT2D eigenvalue weighted by atomic mass is 19.1. The highest BCUT2D eigenvalue weighted by Crippen LogP contribution is 2.17. The summed E-state index contributed by atoms with van der Waals surface area (Å²) in [6.45, 7) is 2.48. The largest absolute Gasteiger partial charge is 0.305 e. The highest BCUT2D eigenvalue weighted by Gasteiger charge is 2.11. The standard InChI is InChI=1S/C16H13FN2O/c1-2-19-14-6-4-3-5-13(14)18-15(16(19)20)11-7-9-12(17)10-8-11/h3-10H,2H2,1H3. The number of rotatable bonds is 2. The fourth-order valence-corrected chi connectivity index (χ4v) is 2.30. The molecule has 0 aliphatic carbocycles. The molecule has 0 aliphatic rings. The quantitative estimate of drug-likeness (QED) is 0.715. The summed E-state index contributed by atoms with van der Waals surface area (Å²) in [7, 11) is 0. The van der Waals surface area contributed by atoms with Gasteiger partial charge in [-0.25, -0.2) is 9.37 Å².